The fourth-order valence-corrected chi connectivity index (χ4v) is 4.93. The lowest BCUT2D eigenvalue weighted by molar-refractivity contribution is -0.141. The minimum atomic E-state index is -0.878. The van der Waals surface area contributed by atoms with Gasteiger partial charge >= 0.3 is 0 Å². The first kappa shape index (κ1) is 32.1. The summed E-state index contributed by atoms with van der Waals surface area (Å²) in [5.41, 5.74) is 2.47. The molecule has 3 aromatic rings. The zero-order chi connectivity index (χ0) is 31.6. The number of benzene rings is 1. The smallest absolute Gasteiger partial charge is 0.257 e. The van der Waals surface area contributed by atoms with Gasteiger partial charge in [0.2, 0.25) is 17.7 Å². The molecule has 2 N–H and O–H groups in total. The van der Waals surface area contributed by atoms with Crippen molar-refractivity contribution in [2.45, 2.75) is 51.6 Å². The quantitative estimate of drug-likeness (QED) is 0.453. The molecule has 12 heteroatoms. The van der Waals surface area contributed by atoms with Gasteiger partial charge in [-0.3, -0.25) is 24.2 Å². The van der Waals surface area contributed by atoms with Crippen LogP contribution in [0, 0.1) is 6.92 Å². The summed E-state index contributed by atoms with van der Waals surface area (Å²) in [5, 5.41) is 5.74. The molecule has 0 bridgehead atoms. The Balaban J connectivity index is 1.51. The first-order valence-corrected chi connectivity index (χ1v) is 14.7. The van der Waals surface area contributed by atoms with Crippen LogP contribution < -0.4 is 15.4 Å². The maximum atomic E-state index is 13.6. The highest BCUT2D eigenvalue weighted by Gasteiger charge is 2.30. The Hall–Kier alpha value is -4.87. The van der Waals surface area contributed by atoms with Crippen molar-refractivity contribution in [1.82, 2.24) is 35.4 Å². The number of aromatic nitrogens is 3. The Labute approximate surface area is 257 Å². The van der Waals surface area contributed by atoms with Gasteiger partial charge in [-0.05, 0) is 56.5 Å². The van der Waals surface area contributed by atoms with Crippen LogP contribution in [-0.2, 0) is 20.8 Å². The number of nitrogens with one attached hydrogen (secondary N) is 2. The molecule has 1 aliphatic heterocycles. The molecule has 2 aromatic heterocycles. The number of amides is 4. The highest BCUT2D eigenvalue weighted by molar-refractivity contribution is 5.95. The molecule has 4 rings (SSSR count). The third kappa shape index (κ3) is 8.15. The van der Waals surface area contributed by atoms with Gasteiger partial charge in [-0.25, -0.2) is 9.97 Å². The maximum Gasteiger partial charge on any atom is 0.257 e. The van der Waals surface area contributed by atoms with Gasteiger partial charge in [0.25, 0.3) is 5.91 Å². The third-order valence-corrected chi connectivity index (χ3v) is 7.69. The van der Waals surface area contributed by atoms with Gasteiger partial charge in [0.15, 0.2) is 5.82 Å². The maximum absolute atomic E-state index is 13.6. The van der Waals surface area contributed by atoms with E-state index in [-0.39, 0.29) is 36.5 Å². The Morgan fingerprint density at radius 3 is 2.50 bits per heavy atom. The van der Waals surface area contributed by atoms with Crippen LogP contribution in [0.2, 0.25) is 0 Å². The minimum absolute atomic E-state index is 0.113. The van der Waals surface area contributed by atoms with E-state index in [4.69, 9.17) is 4.74 Å². The lowest BCUT2D eigenvalue weighted by Crippen LogP contribution is -2.54. The van der Waals surface area contributed by atoms with E-state index in [0.717, 1.165) is 11.1 Å². The number of carbonyl (C=O) groups is 4. The molecule has 232 valence electrons. The Morgan fingerprint density at radius 1 is 1.07 bits per heavy atom. The van der Waals surface area contributed by atoms with Crippen LogP contribution in [0.25, 0.3) is 11.4 Å². The van der Waals surface area contributed by atoms with Gasteiger partial charge in [0.1, 0.15) is 17.8 Å². The first-order valence-electron chi connectivity index (χ1n) is 14.7. The number of methoxy groups -OCH3 is 1. The van der Waals surface area contributed by atoms with Crippen molar-refractivity contribution >= 4 is 23.6 Å². The molecule has 1 saturated heterocycles. The molecule has 12 nitrogen and oxygen atoms in total. The second-order valence-electron chi connectivity index (χ2n) is 10.8. The summed E-state index contributed by atoms with van der Waals surface area (Å²) >= 11 is 0. The van der Waals surface area contributed by atoms with Crippen molar-refractivity contribution in [3.8, 4) is 17.1 Å². The van der Waals surface area contributed by atoms with E-state index < -0.39 is 12.1 Å². The number of carbonyl (C=O) groups excluding carboxylic acids is 4. The van der Waals surface area contributed by atoms with E-state index in [1.54, 1.807) is 63.5 Å². The van der Waals surface area contributed by atoms with E-state index >= 15 is 0 Å². The van der Waals surface area contributed by atoms with Gasteiger partial charge in [-0.1, -0.05) is 12.1 Å². The lowest BCUT2D eigenvalue weighted by atomic mass is 10.0. The lowest BCUT2D eigenvalue weighted by Gasteiger charge is -2.29. The van der Waals surface area contributed by atoms with Gasteiger partial charge in [-0.15, -0.1) is 0 Å². The molecule has 0 radical (unpaired) electrons. The number of nitrogens with zero attached hydrogens (tertiary/aromatic N) is 5. The fraction of sp³-hybridized carbons (Fsp3) is 0.406. The molecule has 0 saturated carbocycles. The van der Waals surface area contributed by atoms with Gasteiger partial charge in [0.05, 0.1) is 18.4 Å². The Morgan fingerprint density at radius 2 is 1.82 bits per heavy atom. The summed E-state index contributed by atoms with van der Waals surface area (Å²) in [6.45, 7) is 4.38. The summed E-state index contributed by atoms with van der Waals surface area (Å²) in [7, 11) is 3.13. The minimum Gasteiger partial charge on any atom is -0.497 e. The average Bonchev–Trinajstić information content (AvgIpc) is 3.04. The van der Waals surface area contributed by atoms with Crippen molar-refractivity contribution in [2.75, 3.05) is 33.8 Å². The summed E-state index contributed by atoms with van der Waals surface area (Å²) in [5.74, 6) is -0.102. The molecule has 1 aromatic carbocycles. The third-order valence-electron chi connectivity index (χ3n) is 7.69. The molecular formula is C32H39N7O5. The Bertz CT molecular complexity index is 1470. The predicted octanol–water partition coefficient (Wildman–Crippen LogP) is 2.17. The molecule has 0 aliphatic carbocycles. The molecule has 4 amide bonds. The zero-order valence-electron chi connectivity index (χ0n) is 25.6. The first-order chi connectivity index (χ1) is 21.2. The van der Waals surface area contributed by atoms with Crippen LogP contribution in [0.4, 0.5) is 0 Å². The number of pyridine rings is 1. The molecule has 3 heterocycles. The summed E-state index contributed by atoms with van der Waals surface area (Å²) in [6, 6.07) is 9.25. The standard InChI is InChI=1S/C32H39N7O5/c1-21-26(20-35-29(36-21)24-8-5-14-33-19-24)31(42)39-16-6-9-28(40)37-27(18-23-10-12-25(44-4)13-11-23)32(43)38(3)22(2)30(41)34-15-7-17-39/h5,8,10-14,19-20,22,27H,6-7,9,15-18H2,1-4H3,(H,34,41)(H,37,40)/t22-,27-/m0/s1. The van der Waals surface area contributed by atoms with Crippen LogP contribution >= 0.6 is 0 Å². The zero-order valence-corrected chi connectivity index (χ0v) is 25.6. The molecule has 1 fully saturated rings. The van der Waals surface area contributed by atoms with Crippen LogP contribution in [0.15, 0.2) is 55.0 Å². The summed E-state index contributed by atoms with van der Waals surface area (Å²) in [6.07, 6.45) is 6.07. The average molecular weight is 602 g/mol. The van der Waals surface area contributed by atoms with Crippen molar-refractivity contribution in [2.24, 2.45) is 0 Å². The topological polar surface area (TPSA) is 147 Å². The summed E-state index contributed by atoms with van der Waals surface area (Å²) in [4.78, 5) is 69.2. The molecule has 44 heavy (non-hydrogen) atoms. The second-order valence-corrected chi connectivity index (χ2v) is 10.8. The second kappa shape index (κ2) is 15.0. The van der Waals surface area contributed by atoms with Gasteiger partial charge in [-0.2, -0.15) is 0 Å². The van der Waals surface area contributed by atoms with Crippen molar-refractivity contribution in [3.63, 3.8) is 0 Å². The molecule has 0 unspecified atom stereocenters. The summed E-state index contributed by atoms with van der Waals surface area (Å²) < 4.78 is 5.22. The predicted molar refractivity (Wildman–Crippen MR) is 164 cm³/mol. The van der Waals surface area contributed by atoms with Gasteiger partial charge < -0.3 is 25.2 Å². The van der Waals surface area contributed by atoms with E-state index in [2.05, 4.69) is 25.6 Å². The molecule has 0 spiro atoms. The van der Waals surface area contributed by atoms with Crippen molar-refractivity contribution < 1.29 is 23.9 Å². The number of aryl methyl sites for hydroxylation is 1. The number of rotatable bonds is 5. The molecular weight excluding hydrogens is 562 g/mol. The number of ether oxygens (including phenoxy) is 1. The number of likely N-dealkylation sites (N-methyl/N-ethyl adjacent to an activating group) is 1. The van der Waals surface area contributed by atoms with Crippen molar-refractivity contribution in [1.29, 1.82) is 0 Å². The SMILES string of the molecule is COc1ccc(C[C@@H]2NC(=O)CCCN(C(=O)c3cnc(-c4cccnc4)nc3C)CCCNC(=O)[C@H](C)N(C)C2=O)cc1. The van der Waals surface area contributed by atoms with E-state index in [1.165, 1.54) is 11.1 Å². The van der Waals surface area contributed by atoms with Crippen LogP contribution in [0.1, 0.15) is 47.8 Å². The fourth-order valence-electron chi connectivity index (χ4n) is 4.93. The normalized spacial score (nSPS) is 19.0. The highest BCUT2D eigenvalue weighted by Crippen LogP contribution is 2.18. The van der Waals surface area contributed by atoms with E-state index in [9.17, 15) is 19.2 Å². The van der Waals surface area contributed by atoms with Gasteiger partial charge in [0, 0.05) is 63.7 Å². The van der Waals surface area contributed by atoms with Crippen molar-refractivity contribution in [3.05, 3.63) is 71.8 Å². The van der Waals surface area contributed by atoms with Crippen LogP contribution in [0.3, 0.4) is 0 Å². The molecule has 1 aliphatic rings. The highest BCUT2D eigenvalue weighted by atomic mass is 16.5. The van der Waals surface area contributed by atoms with E-state index in [1.807, 2.05) is 18.2 Å². The number of hydrogen-bond donors (Lipinski definition) is 2. The monoisotopic (exact) mass is 601 g/mol. The Kier molecular flexibility index (Phi) is 11.0. The van der Waals surface area contributed by atoms with Crippen LogP contribution in [-0.4, -0.2) is 94.3 Å². The largest absolute Gasteiger partial charge is 0.497 e. The van der Waals surface area contributed by atoms with Crippen LogP contribution in [0.5, 0.6) is 5.75 Å². The number of hydrogen-bond acceptors (Lipinski definition) is 8. The molecule has 2 atom stereocenters. The van der Waals surface area contributed by atoms with E-state index in [0.29, 0.717) is 55.3 Å².